The summed E-state index contributed by atoms with van der Waals surface area (Å²) < 4.78 is 0. The molecule has 23 heavy (non-hydrogen) atoms. The Morgan fingerprint density at radius 1 is 1.22 bits per heavy atom. The fraction of sp³-hybridized carbons (Fsp3) is 0.250. The van der Waals surface area contributed by atoms with Gasteiger partial charge in [-0.1, -0.05) is 30.3 Å². The number of nitrogens with zero attached hydrogens (tertiary/aromatic N) is 1. The summed E-state index contributed by atoms with van der Waals surface area (Å²) in [6.45, 7) is 2.46. The van der Waals surface area contributed by atoms with Crippen molar-refractivity contribution in [2.24, 2.45) is 0 Å². The van der Waals surface area contributed by atoms with E-state index in [0.29, 0.717) is 6.29 Å². The van der Waals surface area contributed by atoms with Crippen LogP contribution in [-0.2, 0) is 19.2 Å². The van der Waals surface area contributed by atoms with Gasteiger partial charge in [-0.05, 0) is 18.6 Å². The van der Waals surface area contributed by atoms with E-state index in [0.717, 1.165) is 10.6 Å². The molecule has 0 spiro atoms. The quantitative estimate of drug-likeness (QED) is 0.448. The molecule has 7 heteroatoms. The van der Waals surface area contributed by atoms with Crippen LogP contribution in [0.25, 0.3) is 6.08 Å². The largest absolute Gasteiger partial charge is 0.345 e. The van der Waals surface area contributed by atoms with Gasteiger partial charge in [0.2, 0.25) is 5.91 Å². The minimum Gasteiger partial charge on any atom is -0.345 e. The summed E-state index contributed by atoms with van der Waals surface area (Å²) in [5.74, 6) is -1.52. The molecule has 0 aliphatic carbocycles. The molecule has 0 saturated heterocycles. The lowest BCUT2D eigenvalue weighted by molar-refractivity contribution is -0.140. The van der Waals surface area contributed by atoms with Crippen LogP contribution in [0, 0.1) is 0 Å². The minimum atomic E-state index is -0.826. The van der Waals surface area contributed by atoms with Crippen LogP contribution >= 0.6 is 0 Å². The summed E-state index contributed by atoms with van der Waals surface area (Å²) in [6.07, 6.45) is 3.32. The Morgan fingerprint density at radius 2 is 1.87 bits per heavy atom. The number of aldehydes is 1. The second-order valence-corrected chi connectivity index (χ2v) is 4.76. The molecule has 0 aliphatic rings. The van der Waals surface area contributed by atoms with Crippen molar-refractivity contribution < 1.29 is 19.2 Å². The second kappa shape index (κ2) is 9.14. The monoisotopic (exact) mass is 317 g/mol. The number of carbonyl (C=O) groups is 4. The summed E-state index contributed by atoms with van der Waals surface area (Å²) in [5.41, 5.74) is 3.12. The highest BCUT2D eigenvalue weighted by Gasteiger charge is 2.19. The summed E-state index contributed by atoms with van der Waals surface area (Å²) in [4.78, 5) is 45.6. The molecule has 0 radical (unpaired) electrons. The Balaban J connectivity index is 2.71. The van der Waals surface area contributed by atoms with Crippen LogP contribution in [0.5, 0.6) is 0 Å². The molecule has 0 heterocycles. The van der Waals surface area contributed by atoms with Gasteiger partial charge in [0.25, 0.3) is 11.8 Å². The SMILES string of the molecule is CC(=O)NC(C)C(=O)NN(CC=O)C(=O)/C=C/c1ccccc1. The van der Waals surface area contributed by atoms with E-state index in [4.69, 9.17) is 0 Å². The lowest BCUT2D eigenvalue weighted by Crippen LogP contribution is -2.53. The van der Waals surface area contributed by atoms with Crippen molar-refractivity contribution in [3.63, 3.8) is 0 Å². The van der Waals surface area contributed by atoms with Crippen molar-refractivity contribution in [2.75, 3.05) is 6.54 Å². The summed E-state index contributed by atoms with van der Waals surface area (Å²) in [7, 11) is 0. The first kappa shape index (κ1) is 18.1. The molecule has 0 aromatic heterocycles. The molecule has 1 aromatic rings. The van der Waals surface area contributed by atoms with Crippen molar-refractivity contribution in [3.05, 3.63) is 42.0 Å². The Hall–Kier alpha value is -2.96. The number of hydrogen-bond donors (Lipinski definition) is 2. The van der Waals surface area contributed by atoms with Crippen molar-refractivity contribution >= 4 is 30.1 Å². The van der Waals surface area contributed by atoms with Crippen LogP contribution in [0.2, 0.25) is 0 Å². The molecule has 0 saturated carbocycles. The van der Waals surface area contributed by atoms with Gasteiger partial charge in [-0.15, -0.1) is 0 Å². The summed E-state index contributed by atoms with van der Waals surface area (Å²) in [6, 6.07) is 8.29. The molecule has 1 atom stereocenters. The number of hydrogen-bond acceptors (Lipinski definition) is 4. The molecule has 0 aliphatic heterocycles. The Bertz CT molecular complexity index is 599. The molecular weight excluding hydrogens is 298 g/mol. The van der Waals surface area contributed by atoms with E-state index in [-0.39, 0.29) is 12.5 Å². The highest BCUT2D eigenvalue weighted by molar-refractivity contribution is 5.95. The zero-order valence-corrected chi connectivity index (χ0v) is 13.0. The average Bonchev–Trinajstić information content (AvgIpc) is 2.52. The average molecular weight is 317 g/mol. The topological polar surface area (TPSA) is 95.6 Å². The first-order valence-electron chi connectivity index (χ1n) is 7.00. The maximum Gasteiger partial charge on any atom is 0.265 e. The second-order valence-electron chi connectivity index (χ2n) is 4.76. The number of amides is 3. The Labute approximate surface area is 134 Å². The third-order valence-corrected chi connectivity index (χ3v) is 2.80. The number of carbonyl (C=O) groups excluding carboxylic acids is 4. The van der Waals surface area contributed by atoms with Crippen molar-refractivity contribution in [1.82, 2.24) is 15.8 Å². The van der Waals surface area contributed by atoms with E-state index in [1.165, 1.54) is 19.9 Å². The van der Waals surface area contributed by atoms with Gasteiger partial charge in [0, 0.05) is 13.0 Å². The fourth-order valence-corrected chi connectivity index (χ4v) is 1.69. The molecule has 1 rings (SSSR count). The predicted molar refractivity (Wildman–Crippen MR) is 84.7 cm³/mol. The van der Waals surface area contributed by atoms with Crippen molar-refractivity contribution in [3.8, 4) is 0 Å². The molecule has 122 valence electrons. The molecular formula is C16H19N3O4. The van der Waals surface area contributed by atoms with Gasteiger partial charge in [-0.25, -0.2) is 5.01 Å². The maximum absolute atomic E-state index is 12.1. The van der Waals surface area contributed by atoms with Crippen LogP contribution in [0.4, 0.5) is 0 Å². The lowest BCUT2D eigenvalue weighted by atomic mass is 10.2. The van der Waals surface area contributed by atoms with Gasteiger partial charge in [0.05, 0.1) is 6.54 Å². The number of benzene rings is 1. The van der Waals surface area contributed by atoms with Gasteiger partial charge in [0.15, 0.2) is 0 Å². The smallest absolute Gasteiger partial charge is 0.265 e. The van der Waals surface area contributed by atoms with E-state index < -0.39 is 17.9 Å². The van der Waals surface area contributed by atoms with Crippen LogP contribution in [0.15, 0.2) is 36.4 Å². The normalized spacial score (nSPS) is 11.6. The van der Waals surface area contributed by atoms with E-state index in [2.05, 4.69) is 10.7 Å². The molecule has 2 N–H and O–H groups in total. The number of nitrogens with one attached hydrogen (secondary N) is 2. The fourth-order valence-electron chi connectivity index (χ4n) is 1.69. The number of hydrazine groups is 1. The van der Waals surface area contributed by atoms with Crippen LogP contribution in [0.1, 0.15) is 19.4 Å². The van der Waals surface area contributed by atoms with Gasteiger partial charge in [-0.3, -0.25) is 19.8 Å². The van der Waals surface area contributed by atoms with E-state index in [9.17, 15) is 19.2 Å². The van der Waals surface area contributed by atoms with Gasteiger partial charge < -0.3 is 10.1 Å². The maximum atomic E-state index is 12.1. The third kappa shape index (κ3) is 6.56. The van der Waals surface area contributed by atoms with E-state index in [1.54, 1.807) is 6.08 Å². The summed E-state index contributed by atoms with van der Waals surface area (Å²) in [5, 5.41) is 3.27. The molecule has 7 nitrogen and oxygen atoms in total. The highest BCUT2D eigenvalue weighted by Crippen LogP contribution is 2.01. The minimum absolute atomic E-state index is 0.295. The zero-order chi connectivity index (χ0) is 17.2. The molecule has 1 aromatic carbocycles. The number of rotatable bonds is 6. The Morgan fingerprint density at radius 3 is 2.43 bits per heavy atom. The lowest BCUT2D eigenvalue weighted by Gasteiger charge is -2.22. The first-order valence-corrected chi connectivity index (χ1v) is 7.00. The molecule has 3 amide bonds. The van der Waals surface area contributed by atoms with Crippen molar-refractivity contribution in [1.29, 1.82) is 0 Å². The predicted octanol–water partition coefficient (Wildman–Crippen LogP) is 0.283. The molecule has 0 fully saturated rings. The third-order valence-electron chi connectivity index (χ3n) is 2.80. The zero-order valence-electron chi connectivity index (χ0n) is 13.0. The van der Waals surface area contributed by atoms with E-state index in [1.807, 2.05) is 30.3 Å². The van der Waals surface area contributed by atoms with Gasteiger partial charge in [0.1, 0.15) is 12.3 Å². The van der Waals surface area contributed by atoms with Crippen molar-refractivity contribution in [2.45, 2.75) is 19.9 Å². The standard InChI is InChI=1S/C16H19N3O4/c1-12(17-13(2)21)16(23)18-19(10-11-20)15(22)9-8-14-6-4-3-5-7-14/h3-9,11-12H,10H2,1-2H3,(H,17,21)(H,18,23)/b9-8+. The van der Waals surface area contributed by atoms with E-state index >= 15 is 0 Å². The first-order chi connectivity index (χ1) is 10.9. The summed E-state index contributed by atoms with van der Waals surface area (Å²) >= 11 is 0. The van der Waals surface area contributed by atoms with Crippen LogP contribution in [-0.4, -0.2) is 41.6 Å². The van der Waals surface area contributed by atoms with Gasteiger partial charge >= 0.3 is 0 Å². The molecule has 1 unspecified atom stereocenters. The van der Waals surface area contributed by atoms with Gasteiger partial charge in [-0.2, -0.15) is 0 Å². The highest BCUT2D eigenvalue weighted by atomic mass is 16.2. The van der Waals surface area contributed by atoms with Crippen LogP contribution in [0.3, 0.4) is 0 Å². The molecule has 0 bridgehead atoms. The Kier molecular flexibility index (Phi) is 7.19. The van der Waals surface area contributed by atoms with Crippen LogP contribution < -0.4 is 10.7 Å².